The SMILES string of the molecule is C[N+](C)(C)Cc1ccccc1.O=S(=O)([O-])C(F)(F)C(F)(F)C(F)(F)C(F)(F)C(F)(F)C(F)(F)C(F)(F)C(F)(F)F. The molecule has 236 valence electrons. The summed E-state index contributed by atoms with van der Waals surface area (Å²) >= 11 is 0. The van der Waals surface area contributed by atoms with Crippen molar-refractivity contribution in [1.82, 2.24) is 0 Å². The molecule has 0 spiro atoms. The molecule has 0 N–H and O–H groups in total. The Morgan fingerprint density at radius 1 is 0.575 bits per heavy atom. The fraction of sp³-hybridized carbons (Fsp3) is 0.667. The summed E-state index contributed by atoms with van der Waals surface area (Å²) in [4.78, 5) is 0. The van der Waals surface area contributed by atoms with Crippen molar-refractivity contribution in [1.29, 1.82) is 0 Å². The smallest absolute Gasteiger partial charge is 0.460 e. The van der Waals surface area contributed by atoms with Crippen LogP contribution in [0, 0.1) is 0 Å². The third-order valence-electron chi connectivity index (χ3n) is 4.51. The van der Waals surface area contributed by atoms with E-state index in [4.69, 9.17) is 0 Å². The van der Waals surface area contributed by atoms with Crippen LogP contribution in [0.25, 0.3) is 0 Å². The molecule has 0 aliphatic carbocycles. The summed E-state index contributed by atoms with van der Waals surface area (Å²) in [6, 6.07) is 10.6. The van der Waals surface area contributed by atoms with Crippen molar-refractivity contribution in [3.8, 4) is 0 Å². The number of halogens is 17. The van der Waals surface area contributed by atoms with Crippen LogP contribution in [0.1, 0.15) is 5.56 Å². The summed E-state index contributed by atoms with van der Waals surface area (Å²) in [5, 5.41) is -7.95. The van der Waals surface area contributed by atoms with Crippen LogP contribution in [0.3, 0.4) is 0 Å². The van der Waals surface area contributed by atoms with Crippen LogP contribution >= 0.6 is 0 Å². The maximum absolute atomic E-state index is 13.0. The highest BCUT2D eigenvalue weighted by atomic mass is 32.2. The predicted octanol–water partition coefficient (Wildman–Crippen LogP) is 6.39. The fourth-order valence-corrected chi connectivity index (χ4v) is 2.88. The molecule has 0 radical (unpaired) electrons. The van der Waals surface area contributed by atoms with Gasteiger partial charge in [-0.2, -0.15) is 74.6 Å². The quantitative estimate of drug-likeness (QED) is 0.177. The van der Waals surface area contributed by atoms with Gasteiger partial charge in [0.15, 0.2) is 10.1 Å². The van der Waals surface area contributed by atoms with Crippen molar-refractivity contribution in [3.63, 3.8) is 0 Å². The number of quaternary nitrogens is 1. The summed E-state index contributed by atoms with van der Waals surface area (Å²) in [6.07, 6.45) is -7.89. The second kappa shape index (κ2) is 10.6. The summed E-state index contributed by atoms with van der Waals surface area (Å²) in [6.45, 7) is 1.10. The topological polar surface area (TPSA) is 57.2 Å². The maximum Gasteiger partial charge on any atom is 0.460 e. The van der Waals surface area contributed by atoms with E-state index in [1.807, 2.05) is 0 Å². The minimum absolute atomic E-state index is 0.990. The van der Waals surface area contributed by atoms with E-state index in [1.54, 1.807) is 0 Å². The van der Waals surface area contributed by atoms with E-state index < -0.39 is 57.1 Å². The Morgan fingerprint density at radius 2 is 0.875 bits per heavy atom. The van der Waals surface area contributed by atoms with E-state index in [2.05, 4.69) is 51.5 Å². The van der Waals surface area contributed by atoms with Crippen molar-refractivity contribution in [3.05, 3.63) is 35.9 Å². The molecule has 0 heterocycles. The highest BCUT2D eigenvalue weighted by Crippen LogP contribution is 2.64. The third kappa shape index (κ3) is 6.36. The number of nitrogens with zero attached hydrogens (tertiary/aromatic N) is 1. The Kier molecular flexibility index (Phi) is 10.1. The lowest BCUT2D eigenvalue weighted by Gasteiger charge is -2.42. The molecular formula is C18H16F17NO3S. The molecule has 0 saturated heterocycles. The third-order valence-corrected chi connectivity index (χ3v) is 5.39. The van der Waals surface area contributed by atoms with Gasteiger partial charge in [0.1, 0.15) is 6.54 Å². The lowest BCUT2D eigenvalue weighted by Crippen LogP contribution is -2.75. The number of benzene rings is 1. The second-order valence-electron chi connectivity index (χ2n) is 8.85. The number of hydrogen-bond donors (Lipinski definition) is 0. The zero-order valence-corrected chi connectivity index (χ0v) is 20.4. The Morgan fingerprint density at radius 3 is 1.15 bits per heavy atom. The molecule has 0 atom stereocenters. The minimum Gasteiger partial charge on any atom is -0.743 e. The van der Waals surface area contributed by atoms with Gasteiger partial charge in [-0.15, -0.1) is 0 Å². The molecule has 0 amide bonds. The molecule has 40 heavy (non-hydrogen) atoms. The first-order chi connectivity index (χ1) is 17.1. The maximum atomic E-state index is 13.0. The molecule has 22 heteroatoms. The lowest BCUT2D eigenvalue weighted by atomic mass is 9.91. The van der Waals surface area contributed by atoms with Gasteiger partial charge in [-0.05, 0) is 0 Å². The molecule has 0 aliphatic rings. The van der Waals surface area contributed by atoms with Crippen LogP contribution in [0.4, 0.5) is 74.6 Å². The largest absolute Gasteiger partial charge is 0.743 e. The van der Waals surface area contributed by atoms with Gasteiger partial charge in [-0.1, -0.05) is 30.3 Å². The van der Waals surface area contributed by atoms with Crippen molar-refractivity contribution in [2.24, 2.45) is 0 Å². The summed E-state index contributed by atoms with van der Waals surface area (Å²) in [7, 11) is -1.54. The van der Waals surface area contributed by atoms with Gasteiger partial charge in [0.2, 0.25) is 0 Å². The molecule has 0 fully saturated rings. The molecule has 1 aromatic rings. The van der Waals surface area contributed by atoms with E-state index in [1.165, 1.54) is 5.56 Å². The van der Waals surface area contributed by atoms with Gasteiger partial charge in [0, 0.05) is 5.56 Å². The molecule has 0 unspecified atom stereocenters. The summed E-state index contributed by atoms with van der Waals surface area (Å²) in [5.41, 5.74) is 1.40. The highest BCUT2D eigenvalue weighted by Gasteiger charge is 2.95. The Hall–Kier alpha value is -2.10. The molecule has 1 rings (SSSR count). The first-order valence-corrected chi connectivity index (χ1v) is 11.0. The molecule has 1 aromatic carbocycles. The molecular weight excluding hydrogens is 633 g/mol. The predicted molar refractivity (Wildman–Crippen MR) is 98.6 cm³/mol. The molecule has 0 bridgehead atoms. The number of hydrogen-bond acceptors (Lipinski definition) is 3. The molecule has 0 aromatic heterocycles. The monoisotopic (exact) mass is 649 g/mol. The van der Waals surface area contributed by atoms with Crippen molar-refractivity contribution in [2.45, 2.75) is 53.5 Å². The van der Waals surface area contributed by atoms with Gasteiger partial charge < -0.3 is 9.04 Å². The van der Waals surface area contributed by atoms with E-state index >= 15 is 0 Å². The van der Waals surface area contributed by atoms with Crippen molar-refractivity contribution in [2.75, 3.05) is 21.1 Å². The van der Waals surface area contributed by atoms with Crippen molar-refractivity contribution >= 4 is 10.1 Å². The Bertz CT molecular complexity index is 1110. The van der Waals surface area contributed by atoms with Crippen LogP contribution in [0.5, 0.6) is 0 Å². The van der Waals surface area contributed by atoms with Crippen LogP contribution in [0.15, 0.2) is 30.3 Å². The van der Waals surface area contributed by atoms with Gasteiger partial charge in [-0.3, -0.25) is 0 Å². The molecule has 4 nitrogen and oxygen atoms in total. The Labute approximate surface area is 213 Å². The lowest BCUT2D eigenvalue weighted by molar-refractivity contribution is -0.884. The minimum atomic E-state index is -8.92. The zero-order chi connectivity index (χ0) is 32.8. The summed E-state index contributed by atoms with van der Waals surface area (Å²) < 4.78 is 245. The number of alkyl halides is 17. The first kappa shape index (κ1) is 37.9. The average molecular weight is 649 g/mol. The fourth-order valence-electron chi connectivity index (χ4n) is 2.44. The second-order valence-corrected chi connectivity index (χ2v) is 10.3. The normalized spacial score (nSPS) is 15.4. The van der Waals surface area contributed by atoms with Crippen molar-refractivity contribution < 1.29 is 92.1 Å². The van der Waals surface area contributed by atoms with Crippen LogP contribution in [0.2, 0.25) is 0 Å². The molecule has 0 saturated carbocycles. The first-order valence-electron chi connectivity index (χ1n) is 9.59. The molecule has 0 aliphatic heterocycles. The van der Waals surface area contributed by atoms with Crippen LogP contribution in [-0.4, -0.2) is 85.6 Å². The van der Waals surface area contributed by atoms with Gasteiger partial charge in [-0.25, -0.2) is 8.42 Å². The van der Waals surface area contributed by atoms with E-state index in [-0.39, 0.29) is 0 Å². The van der Waals surface area contributed by atoms with Gasteiger partial charge in [0.25, 0.3) is 0 Å². The van der Waals surface area contributed by atoms with E-state index in [9.17, 15) is 87.6 Å². The zero-order valence-electron chi connectivity index (χ0n) is 19.6. The highest BCUT2D eigenvalue weighted by molar-refractivity contribution is 7.86. The average Bonchev–Trinajstić information content (AvgIpc) is 2.71. The van der Waals surface area contributed by atoms with Gasteiger partial charge in [0.05, 0.1) is 21.1 Å². The van der Waals surface area contributed by atoms with E-state index in [0.29, 0.717) is 0 Å². The van der Waals surface area contributed by atoms with Gasteiger partial charge >= 0.3 is 47.0 Å². The standard InChI is InChI=1S/C10H16N.C8HF17O3S/c1-11(2,3)9-10-7-5-4-6-8-10;9-1(10,3(13,14)5(17,18)7(21,22)23)2(11,12)4(15,16)6(19,20)8(24,25)29(26,27)28/h4-8H,9H2,1-3H3;(H,26,27,28)/q+1;/p-1. The number of rotatable bonds is 9. The van der Waals surface area contributed by atoms with Crippen LogP contribution in [-0.2, 0) is 16.7 Å². The van der Waals surface area contributed by atoms with Crippen LogP contribution < -0.4 is 0 Å². The Balaban J connectivity index is 0.00000114. The summed E-state index contributed by atoms with van der Waals surface area (Å²) in [5.74, 6) is -52.1. The van der Waals surface area contributed by atoms with E-state index in [0.717, 1.165) is 11.0 Å².